The number of nitrogen functional groups attached to an aromatic ring is 1. The Balaban J connectivity index is 1.16. The smallest absolute Gasteiger partial charge is 0.229 e. The van der Waals surface area contributed by atoms with Crippen LogP contribution < -0.4 is 11.1 Å². The third-order valence-corrected chi connectivity index (χ3v) is 8.77. The average molecular weight is 411 g/mol. The van der Waals surface area contributed by atoms with Crippen LogP contribution in [-0.4, -0.2) is 26.1 Å². The predicted octanol–water partition coefficient (Wildman–Crippen LogP) is 3.12. The number of hydrogen-bond donors (Lipinski definition) is 2. The van der Waals surface area contributed by atoms with Crippen LogP contribution in [0.15, 0.2) is 6.20 Å². The number of nitrogens with two attached hydrogens (primary N) is 1. The van der Waals surface area contributed by atoms with E-state index in [2.05, 4.69) is 25.5 Å². The molecule has 1 amide bonds. The van der Waals surface area contributed by atoms with Crippen molar-refractivity contribution in [3.63, 3.8) is 0 Å². The van der Waals surface area contributed by atoms with E-state index in [4.69, 9.17) is 5.73 Å². The van der Waals surface area contributed by atoms with Crippen LogP contribution in [0, 0.1) is 23.7 Å². The molecule has 2 aromatic rings. The molecule has 4 fully saturated rings. The van der Waals surface area contributed by atoms with E-state index in [0.717, 1.165) is 46.9 Å². The lowest BCUT2D eigenvalue weighted by molar-refractivity contribution is -0.120. The number of hydrogen-bond acceptors (Lipinski definition) is 7. The molecule has 5 aliphatic rings. The van der Waals surface area contributed by atoms with Crippen molar-refractivity contribution in [3.05, 3.63) is 22.5 Å². The minimum atomic E-state index is -0.0818. The maximum Gasteiger partial charge on any atom is 0.229 e. The van der Waals surface area contributed by atoms with Gasteiger partial charge in [-0.15, -0.1) is 10.2 Å². The van der Waals surface area contributed by atoms with Crippen molar-refractivity contribution < 1.29 is 4.79 Å². The predicted molar refractivity (Wildman–Crippen MR) is 110 cm³/mol. The molecule has 0 radical (unpaired) electrons. The highest BCUT2D eigenvalue weighted by atomic mass is 32.1. The van der Waals surface area contributed by atoms with Gasteiger partial charge in [-0.1, -0.05) is 11.3 Å². The molecule has 0 aromatic carbocycles. The Morgan fingerprint density at radius 3 is 2.59 bits per heavy atom. The standard InChI is InChI=1S/C21H26N6OS/c22-19-23-10-15-6-14(1-2-16(15)24-19)17(28)25-20-27-26-18(29-20)21-7-11-3-12(8-21)5-13(4-11)9-21/h10-14H,1-9H2,(H2,22,23,24)(H,25,27,28). The molecule has 8 heteroatoms. The minimum absolute atomic E-state index is 0.0284. The quantitative estimate of drug-likeness (QED) is 0.805. The van der Waals surface area contributed by atoms with E-state index in [9.17, 15) is 4.79 Å². The summed E-state index contributed by atoms with van der Waals surface area (Å²) in [5, 5.41) is 13.8. The molecule has 0 aliphatic heterocycles. The highest BCUT2D eigenvalue weighted by molar-refractivity contribution is 7.15. The van der Waals surface area contributed by atoms with Crippen LogP contribution in [0.4, 0.5) is 11.1 Å². The number of aromatic nitrogens is 4. The maximum absolute atomic E-state index is 12.9. The van der Waals surface area contributed by atoms with Crippen LogP contribution in [0.1, 0.15) is 61.2 Å². The third kappa shape index (κ3) is 3.03. The summed E-state index contributed by atoms with van der Waals surface area (Å²) in [6, 6.07) is 0. The second kappa shape index (κ2) is 6.45. The number of aryl methyl sites for hydroxylation is 1. The van der Waals surface area contributed by atoms with Gasteiger partial charge in [0.1, 0.15) is 5.01 Å². The molecule has 29 heavy (non-hydrogen) atoms. The first-order valence-electron chi connectivity index (χ1n) is 10.8. The van der Waals surface area contributed by atoms with E-state index in [-0.39, 0.29) is 17.2 Å². The van der Waals surface area contributed by atoms with Crippen LogP contribution in [-0.2, 0) is 23.1 Å². The van der Waals surface area contributed by atoms with Crippen molar-refractivity contribution in [2.45, 2.75) is 63.2 Å². The largest absolute Gasteiger partial charge is 0.368 e. The Morgan fingerprint density at radius 2 is 1.86 bits per heavy atom. The number of fused-ring (bicyclic) bond motifs is 1. The normalized spacial score (nSPS) is 34.8. The summed E-state index contributed by atoms with van der Waals surface area (Å²) in [4.78, 5) is 21.2. The van der Waals surface area contributed by atoms with Crippen LogP contribution >= 0.6 is 11.3 Å². The van der Waals surface area contributed by atoms with Gasteiger partial charge in [0.25, 0.3) is 0 Å². The molecule has 5 aliphatic carbocycles. The Hall–Kier alpha value is -2.09. The van der Waals surface area contributed by atoms with Crippen LogP contribution in [0.5, 0.6) is 0 Å². The monoisotopic (exact) mass is 410 g/mol. The van der Waals surface area contributed by atoms with Gasteiger partial charge >= 0.3 is 0 Å². The van der Waals surface area contributed by atoms with Gasteiger partial charge in [-0.3, -0.25) is 4.79 Å². The molecule has 1 unspecified atom stereocenters. The van der Waals surface area contributed by atoms with Crippen LogP contribution in [0.25, 0.3) is 0 Å². The fraction of sp³-hybridized carbons (Fsp3) is 0.667. The van der Waals surface area contributed by atoms with E-state index in [0.29, 0.717) is 17.5 Å². The van der Waals surface area contributed by atoms with Crippen molar-refractivity contribution in [1.29, 1.82) is 0 Å². The Morgan fingerprint density at radius 1 is 1.14 bits per heavy atom. The van der Waals surface area contributed by atoms with Crippen LogP contribution in [0.3, 0.4) is 0 Å². The fourth-order valence-electron chi connectivity index (χ4n) is 6.81. The van der Waals surface area contributed by atoms with Gasteiger partial charge in [0, 0.05) is 23.2 Å². The summed E-state index contributed by atoms with van der Waals surface area (Å²) in [7, 11) is 0. The second-order valence-corrected chi connectivity index (χ2v) is 10.7. The molecular weight excluding hydrogens is 384 g/mol. The van der Waals surface area contributed by atoms with Crippen molar-refractivity contribution in [2.75, 3.05) is 11.1 Å². The van der Waals surface area contributed by atoms with Gasteiger partial charge < -0.3 is 11.1 Å². The lowest BCUT2D eigenvalue weighted by atomic mass is 9.50. The lowest BCUT2D eigenvalue weighted by Crippen LogP contribution is -2.48. The highest BCUT2D eigenvalue weighted by Crippen LogP contribution is 2.61. The number of amides is 1. The van der Waals surface area contributed by atoms with Gasteiger partial charge in [0.05, 0.1) is 0 Å². The van der Waals surface area contributed by atoms with E-state index in [1.54, 1.807) is 17.5 Å². The highest BCUT2D eigenvalue weighted by Gasteiger charge is 2.53. The van der Waals surface area contributed by atoms with Crippen LogP contribution in [0.2, 0.25) is 0 Å². The molecular formula is C21H26N6OS. The summed E-state index contributed by atoms with van der Waals surface area (Å²) in [5.74, 6) is 2.88. The number of carbonyl (C=O) groups is 1. The minimum Gasteiger partial charge on any atom is -0.368 e. The Labute approximate surface area is 173 Å². The number of nitrogens with zero attached hydrogens (tertiary/aromatic N) is 4. The fourth-order valence-corrected chi connectivity index (χ4v) is 7.78. The Bertz CT molecular complexity index is 937. The number of anilines is 2. The van der Waals surface area contributed by atoms with E-state index in [1.807, 2.05) is 0 Å². The summed E-state index contributed by atoms with van der Waals surface area (Å²) < 4.78 is 0. The van der Waals surface area contributed by atoms with Gasteiger partial charge in [-0.25, -0.2) is 9.97 Å². The van der Waals surface area contributed by atoms with Gasteiger partial charge in [-0.2, -0.15) is 0 Å². The molecule has 0 saturated heterocycles. The Kier molecular flexibility index (Phi) is 3.95. The zero-order chi connectivity index (χ0) is 19.6. The lowest BCUT2D eigenvalue weighted by Gasteiger charge is -2.55. The summed E-state index contributed by atoms with van der Waals surface area (Å²) in [5.41, 5.74) is 7.90. The van der Waals surface area contributed by atoms with Gasteiger partial charge in [0.15, 0.2) is 0 Å². The molecule has 7 rings (SSSR count). The first-order valence-corrected chi connectivity index (χ1v) is 11.6. The van der Waals surface area contributed by atoms with Crippen molar-refractivity contribution in [2.24, 2.45) is 23.7 Å². The van der Waals surface area contributed by atoms with Crippen molar-refractivity contribution >= 4 is 28.3 Å². The molecule has 4 saturated carbocycles. The van der Waals surface area contributed by atoms with E-state index >= 15 is 0 Å². The number of rotatable bonds is 3. The SMILES string of the molecule is Nc1ncc2c(n1)CCC(C(=O)Nc1nnc(C34CC5CC(CC(C5)C3)C4)s1)C2. The molecule has 1 atom stereocenters. The number of carbonyl (C=O) groups excluding carboxylic acids is 1. The molecule has 0 spiro atoms. The molecule has 2 heterocycles. The van der Waals surface area contributed by atoms with Gasteiger partial charge in [-0.05, 0) is 81.1 Å². The average Bonchev–Trinajstić information content (AvgIpc) is 3.16. The molecule has 152 valence electrons. The number of nitrogens with one attached hydrogen (secondary N) is 1. The van der Waals surface area contributed by atoms with Gasteiger partial charge in [0.2, 0.25) is 17.0 Å². The maximum atomic E-state index is 12.9. The van der Waals surface area contributed by atoms with Crippen molar-refractivity contribution in [1.82, 2.24) is 20.2 Å². The summed E-state index contributed by atoms with van der Waals surface area (Å²) >= 11 is 1.61. The summed E-state index contributed by atoms with van der Waals surface area (Å²) in [6.45, 7) is 0. The third-order valence-electron chi connectivity index (χ3n) is 7.69. The topological polar surface area (TPSA) is 107 Å². The summed E-state index contributed by atoms with van der Waals surface area (Å²) in [6.07, 6.45) is 12.0. The van der Waals surface area contributed by atoms with E-state index < -0.39 is 0 Å². The first kappa shape index (κ1) is 17.7. The molecule has 3 N–H and O–H groups in total. The molecule has 2 aromatic heterocycles. The zero-order valence-corrected chi connectivity index (χ0v) is 17.2. The first-order chi connectivity index (χ1) is 14.1. The second-order valence-electron chi connectivity index (χ2n) is 9.74. The van der Waals surface area contributed by atoms with E-state index in [1.165, 1.54) is 38.5 Å². The molecule has 7 nitrogen and oxygen atoms in total. The molecule has 4 bridgehead atoms. The van der Waals surface area contributed by atoms with Crippen molar-refractivity contribution in [3.8, 4) is 0 Å². The zero-order valence-electron chi connectivity index (χ0n) is 16.4.